The van der Waals surface area contributed by atoms with Crippen molar-refractivity contribution in [1.29, 1.82) is 0 Å². The number of H-pyrrole nitrogens is 3. The van der Waals surface area contributed by atoms with Crippen LogP contribution in [0.5, 0.6) is 11.8 Å². The van der Waals surface area contributed by atoms with Crippen LogP contribution in [0.3, 0.4) is 0 Å². The Morgan fingerprint density at radius 2 is 0.669 bits per heavy atom. The van der Waals surface area contributed by atoms with Gasteiger partial charge in [0.05, 0.1) is 56.4 Å². The highest BCUT2D eigenvalue weighted by molar-refractivity contribution is 7.73. The van der Waals surface area contributed by atoms with E-state index in [1.54, 1.807) is 25.2 Å². The Labute approximate surface area is 769 Å². The zero-order valence-electron chi connectivity index (χ0n) is 78.2. The molecule has 10 aromatic heterocycles. The Bertz CT molecular complexity index is 6170. The summed E-state index contributed by atoms with van der Waals surface area (Å²) in [6.07, 6.45) is 18.2. The molecule has 0 saturated carbocycles. The number of nitrogen functional groups attached to an aromatic ring is 5. The number of anilines is 5. The van der Waals surface area contributed by atoms with Crippen LogP contribution < -0.4 is 54.8 Å². The number of hydrogen-bond donors (Lipinski definition) is 18. The molecule has 20 atom stereocenters. The van der Waals surface area contributed by atoms with Crippen LogP contribution in [0.25, 0.3) is 55.8 Å². The number of rotatable bonds is 30. The first-order valence-electron chi connectivity index (χ1n) is 44.2. The minimum Gasteiger partial charge on any atom is -0.476 e. The second kappa shape index (κ2) is 43.1. The number of aliphatic hydroxyl groups excluding tert-OH is 10. The van der Waals surface area contributed by atoms with Gasteiger partial charge in [0.15, 0.2) is 87.0 Å². The van der Waals surface area contributed by atoms with E-state index in [4.69, 9.17) is 61.8 Å². The molecule has 0 radical (unpaired) electrons. The smallest absolute Gasteiger partial charge is 0.280 e. The molecule has 15 rings (SSSR count). The summed E-state index contributed by atoms with van der Waals surface area (Å²) in [6.45, 7) is 25.4. The SMILES string of the molecule is C=P(C)(C)CC[C@H]1O[C@@H](n2c(C)nc3c(=O)[nH]c(N)nc32)[C@H](O)[C@@H]1O.C=P(C)(C)CC[C@H]1O[C@@H](n2c(CC)nc3c(=O)[nH]c(N)nc32)[C@H](O)[C@@H]1O.C=P(C)(C)CC[C@H]1O[C@@H](n2c(CCC)nc3c(=O)[nH]c(N)nc32)[C@H](O)[C@@H]1O.C=P(C)(C)CC[C@H]1O[C@@H](n2cnc3c(OCCC)nc(N)nc32)[C@H](O)[C@@H]1O.C=P(C)(C)CC[C@H]1O[C@@H](n2cnc3c(OCCCC)nc(N)nc32)[C@H](O)[C@@H]1O. The first-order valence-corrected chi connectivity index (χ1v) is 59.5. The van der Waals surface area contributed by atoms with E-state index >= 15 is 0 Å². The molecule has 10 aromatic rings. The van der Waals surface area contributed by atoms with Gasteiger partial charge in [-0.05, 0) is 156 Å². The Kier molecular flexibility index (Phi) is 34.1. The van der Waals surface area contributed by atoms with E-state index in [2.05, 4.69) is 180 Å². The number of nitrogens with one attached hydrogen (secondary N) is 3. The molecule has 5 fully saturated rings. The van der Waals surface area contributed by atoms with Gasteiger partial charge >= 0.3 is 0 Å². The molecular formula is C83H136N25O20P5. The summed E-state index contributed by atoms with van der Waals surface area (Å²) >= 11 is 0. The monoisotopic (exact) mass is 1960 g/mol. The van der Waals surface area contributed by atoms with Gasteiger partial charge in [-0.3, -0.25) is 52.2 Å². The van der Waals surface area contributed by atoms with Crippen LogP contribution in [-0.4, -0.2) is 382 Å². The predicted octanol–water partition coefficient (Wildman–Crippen LogP) is 2.31. The normalized spacial score (nSPS) is 26.3. The number of nitrogens with two attached hydrogens (primary N) is 5. The summed E-state index contributed by atoms with van der Waals surface area (Å²) in [6, 6.07) is 0. The van der Waals surface area contributed by atoms with Gasteiger partial charge < -0.3 is 113 Å². The van der Waals surface area contributed by atoms with Crippen LogP contribution in [0.2, 0.25) is 0 Å². The Hall–Kier alpha value is -8.35. The maximum atomic E-state index is 12.2. The minimum atomic E-state index is -1.28. The number of unbranched alkanes of at least 4 members (excludes halogenated alkanes) is 1. The van der Waals surface area contributed by atoms with Crippen LogP contribution >= 0.6 is 34.4 Å². The zero-order chi connectivity index (χ0) is 97.9. The topological polar surface area (TPSA) is 675 Å². The Morgan fingerprint density at radius 3 is 0.992 bits per heavy atom. The number of aryl methyl sites for hydroxylation is 3. The van der Waals surface area contributed by atoms with Crippen molar-refractivity contribution in [3.8, 4) is 11.8 Å². The van der Waals surface area contributed by atoms with Gasteiger partial charge in [0.25, 0.3) is 16.7 Å². The summed E-state index contributed by atoms with van der Waals surface area (Å²) in [5, 5.41) is 105. The number of aromatic amines is 3. The molecule has 50 heteroatoms. The lowest BCUT2D eigenvalue weighted by Gasteiger charge is -2.20. The van der Waals surface area contributed by atoms with Crippen molar-refractivity contribution in [3.63, 3.8) is 0 Å². The minimum absolute atomic E-state index is 0.0371. The second-order valence-electron chi connectivity index (χ2n) is 37.7. The molecule has 738 valence electrons. The van der Waals surface area contributed by atoms with Crippen molar-refractivity contribution in [2.45, 2.75) is 228 Å². The van der Waals surface area contributed by atoms with E-state index in [9.17, 15) is 65.4 Å². The molecule has 0 aromatic carbocycles. The summed E-state index contributed by atoms with van der Waals surface area (Å²) in [5.41, 5.74) is 30.1. The van der Waals surface area contributed by atoms with E-state index < -0.39 is 174 Å². The largest absolute Gasteiger partial charge is 0.476 e. The van der Waals surface area contributed by atoms with E-state index in [1.807, 2.05) is 20.8 Å². The quantitative estimate of drug-likeness (QED) is 0.0227. The number of aromatic nitrogens is 20. The van der Waals surface area contributed by atoms with Crippen molar-refractivity contribution < 1.29 is 84.2 Å². The number of nitrogens with zero attached hydrogens (tertiary/aromatic N) is 17. The van der Waals surface area contributed by atoms with Crippen molar-refractivity contribution >= 4 is 151 Å². The van der Waals surface area contributed by atoms with Gasteiger partial charge in [0, 0.05) is 12.8 Å². The number of ether oxygens (including phenoxy) is 7. The Balaban J connectivity index is 0.000000160. The van der Waals surface area contributed by atoms with E-state index in [1.165, 1.54) is 17.2 Å². The van der Waals surface area contributed by atoms with E-state index in [-0.39, 0.29) is 63.2 Å². The lowest BCUT2D eigenvalue weighted by Crippen LogP contribution is -2.32. The molecule has 0 bridgehead atoms. The van der Waals surface area contributed by atoms with E-state index in [0.717, 1.165) is 56.5 Å². The molecule has 0 spiro atoms. The number of hydrogen-bond acceptors (Lipinski definition) is 37. The molecule has 45 nitrogen and oxygen atoms in total. The maximum Gasteiger partial charge on any atom is 0.280 e. The van der Waals surface area contributed by atoms with Gasteiger partial charge in [-0.15, -0.1) is 65.9 Å². The van der Waals surface area contributed by atoms with Crippen molar-refractivity contribution in [3.05, 3.63) is 61.2 Å². The van der Waals surface area contributed by atoms with Crippen molar-refractivity contribution in [2.24, 2.45) is 0 Å². The van der Waals surface area contributed by atoms with Crippen LogP contribution in [0.15, 0.2) is 27.0 Å². The highest BCUT2D eigenvalue weighted by Crippen LogP contribution is 2.47. The van der Waals surface area contributed by atoms with Crippen molar-refractivity contribution in [1.82, 2.24) is 97.6 Å². The molecule has 15 heterocycles. The van der Waals surface area contributed by atoms with Gasteiger partial charge in [-0.2, -0.15) is 34.9 Å². The third kappa shape index (κ3) is 25.2. The van der Waals surface area contributed by atoms with Gasteiger partial charge in [-0.1, -0.05) is 34.1 Å². The van der Waals surface area contributed by atoms with Crippen LogP contribution in [0.4, 0.5) is 29.7 Å². The summed E-state index contributed by atoms with van der Waals surface area (Å²) < 4.78 is 49.0. The molecule has 5 aliphatic heterocycles. The molecule has 5 aliphatic rings. The molecular weight excluding hydrogens is 1820 g/mol. The number of fused-ring (bicyclic) bond motifs is 5. The standard InChI is InChI=1S/C18H30N5O4P.2C17H28N5O4P.C16H26N5O4P.C15H24N5O4P/c1-5-6-8-26-16-12-15(21-18(19)22-16)23(10-20-12)17-14(25)13(24)11(27-17)7-9-28(2,3)4;1-5-7-25-15-11-14(20-17(18)21-15)22(9-19-11)16-13(24)12(23)10(26-16)6-8-27(2,3)4;1-5-6-10-19-11-14(20-17(18)21-15(11)25)22(10)16-13(24)12(23)9(26-16)7-8-27(2,3)4;1-5-9-18-10-13(19-16(17)20-14(10)24)21(9)15-12(23)11(22)8(25-15)6-7-26(2,3)4;1-7-17-9-12(18-15(16)19-13(9)23)20(7)14-11(22)10(21)8(24-14)5-6-25(2,3)4/h10-11,13-14,17,24-25H,2,5-9H2,1,3-4H3,(H2,19,21,22);9-10,12-13,16,23-24H,2,5-8H2,1,3-4H3,(H2,18,20,21);9,12-13,16,23-24H,2,5-8H2,1,3-4H3,(H3,18,20,21,25);8,11-12,15,22-23H,2,5-7H2,1,3-4H3,(H3,17,19,20,24);8,10-11,14,21-22H,2,5-6H2,1,3-4H3,(H3,16,18,19,23)/t11-,13-,14-,17-;10-,12-,13-,16-;9-,12-,13-,16-;8-,11-,12-,15-;8-,10-,11-,14-/m11111/s1. The molecule has 0 aliphatic carbocycles. The lowest BCUT2D eigenvalue weighted by atomic mass is 10.1. The fourth-order valence-electron chi connectivity index (χ4n) is 15.9. The molecule has 0 amide bonds. The van der Waals surface area contributed by atoms with Gasteiger partial charge in [-0.25, -0.2) is 24.9 Å². The Morgan fingerprint density at radius 1 is 0.368 bits per heavy atom. The summed E-state index contributed by atoms with van der Waals surface area (Å²) in [5.74, 6) is 2.12. The fourth-order valence-corrected chi connectivity index (χ4v) is 20.7. The first-order chi connectivity index (χ1) is 62.2. The maximum absolute atomic E-state index is 12.2. The molecule has 0 unspecified atom stereocenters. The second-order valence-corrected chi connectivity index (χ2v) is 59.3. The number of imidazole rings is 5. The highest BCUT2D eigenvalue weighted by Gasteiger charge is 2.50. The first kappa shape index (κ1) is 105. The third-order valence-corrected chi connectivity index (χ3v) is 30.2. The van der Waals surface area contributed by atoms with Crippen LogP contribution in [-0.2, 0) is 36.5 Å². The average Bonchev–Trinajstić information content (AvgIpc) is 1.60. The zero-order valence-corrected chi connectivity index (χ0v) is 82.7. The molecule has 133 heavy (non-hydrogen) atoms. The van der Waals surface area contributed by atoms with Crippen molar-refractivity contribution in [2.75, 3.05) is 139 Å². The predicted molar refractivity (Wildman–Crippen MR) is 528 cm³/mol. The van der Waals surface area contributed by atoms with Gasteiger partial charge in [0.2, 0.25) is 41.5 Å². The van der Waals surface area contributed by atoms with E-state index in [0.29, 0.717) is 110 Å². The summed E-state index contributed by atoms with van der Waals surface area (Å²) in [4.78, 5) is 94.3. The molecule has 23 N–H and O–H groups in total. The lowest BCUT2D eigenvalue weighted by molar-refractivity contribution is -0.0368. The number of aliphatic hydroxyl groups is 10. The summed E-state index contributed by atoms with van der Waals surface area (Å²) in [7, 11) is 0. The van der Waals surface area contributed by atoms with Crippen LogP contribution in [0, 0.1) is 6.92 Å². The highest BCUT2D eigenvalue weighted by atomic mass is 31.2. The molecule has 5 saturated heterocycles. The van der Waals surface area contributed by atoms with Gasteiger partial charge in [0.1, 0.15) is 78.5 Å². The third-order valence-electron chi connectivity index (χ3n) is 22.9. The fraction of sp³-hybridized carbons (Fsp3) is 0.639. The van der Waals surface area contributed by atoms with Crippen LogP contribution in [0.1, 0.15) is 134 Å². The average molecular weight is 1960 g/mol.